The van der Waals surface area contributed by atoms with Crippen molar-refractivity contribution in [3.8, 4) is 0 Å². The lowest BCUT2D eigenvalue weighted by Gasteiger charge is -2.07. The standard InChI is InChI=1S/C21H16Cl2N2O/c22-19-11-6-15(14-20(19)23)21(26)12-13-24-16-7-9-18(10-8-16)25-17-4-2-1-3-5-17/h1-14,24-25H/b13-12+. The van der Waals surface area contributed by atoms with E-state index in [1.807, 2.05) is 54.6 Å². The van der Waals surface area contributed by atoms with Crippen molar-refractivity contribution in [2.75, 3.05) is 10.6 Å². The Morgan fingerprint density at radius 2 is 1.42 bits per heavy atom. The van der Waals surface area contributed by atoms with Crippen molar-refractivity contribution >= 4 is 46.0 Å². The number of hydrogen-bond acceptors (Lipinski definition) is 3. The van der Waals surface area contributed by atoms with Gasteiger partial charge in [-0.05, 0) is 54.6 Å². The number of para-hydroxylation sites is 1. The first-order valence-electron chi connectivity index (χ1n) is 7.96. The molecule has 3 aromatic carbocycles. The van der Waals surface area contributed by atoms with Crippen molar-refractivity contribution in [1.29, 1.82) is 0 Å². The molecule has 5 heteroatoms. The second-order valence-electron chi connectivity index (χ2n) is 5.54. The number of halogens is 2. The number of allylic oxidation sites excluding steroid dienone is 1. The van der Waals surface area contributed by atoms with Crippen LogP contribution in [-0.4, -0.2) is 5.78 Å². The maximum Gasteiger partial charge on any atom is 0.187 e. The number of nitrogens with one attached hydrogen (secondary N) is 2. The summed E-state index contributed by atoms with van der Waals surface area (Å²) in [7, 11) is 0. The van der Waals surface area contributed by atoms with Gasteiger partial charge in [-0.25, -0.2) is 0 Å². The van der Waals surface area contributed by atoms with Crippen LogP contribution >= 0.6 is 23.2 Å². The third-order valence-electron chi connectivity index (χ3n) is 3.64. The Bertz CT molecular complexity index is 923. The Kier molecular flexibility index (Phi) is 5.95. The van der Waals surface area contributed by atoms with Crippen LogP contribution in [0.2, 0.25) is 10.0 Å². The largest absolute Gasteiger partial charge is 0.362 e. The average Bonchev–Trinajstić information content (AvgIpc) is 2.66. The molecule has 0 spiro atoms. The van der Waals surface area contributed by atoms with Gasteiger partial charge in [-0.15, -0.1) is 0 Å². The van der Waals surface area contributed by atoms with E-state index >= 15 is 0 Å². The highest BCUT2D eigenvalue weighted by atomic mass is 35.5. The second kappa shape index (κ2) is 8.56. The van der Waals surface area contributed by atoms with Crippen LogP contribution in [0.5, 0.6) is 0 Å². The summed E-state index contributed by atoms with van der Waals surface area (Å²) in [6.07, 6.45) is 3.06. The summed E-state index contributed by atoms with van der Waals surface area (Å²) in [6, 6.07) is 22.5. The first kappa shape index (κ1) is 18.1. The zero-order valence-corrected chi connectivity index (χ0v) is 15.3. The Morgan fingerprint density at radius 1 is 0.769 bits per heavy atom. The topological polar surface area (TPSA) is 41.1 Å². The maximum atomic E-state index is 12.1. The van der Waals surface area contributed by atoms with E-state index in [0.29, 0.717) is 15.6 Å². The monoisotopic (exact) mass is 382 g/mol. The highest BCUT2D eigenvalue weighted by Gasteiger charge is 2.05. The number of rotatable bonds is 6. The van der Waals surface area contributed by atoms with Gasteiger partial charge in [0.15, 0.2) is 5.78 Å². The molecule has 0 saturated heterocycles. The smallest absolute Gasteiger partial charge is 0.187 e. The SMILES string of the molecule is O=C(/C=C/Nc1ccc(Nc2ccccc2)cc1)c1ccc(Cl)c(Cl)c1. The van der Waals surface area contributed by atoms with Gasteiger partial charge in [0.1, 0.15) is 0 Å². The molecule has 0 bridgehead atoms. The lowest BCUT2D eigenvalue weighted by molar-refractivity contribution is 0.104. The molecule has 0 atom stereocenters. The van der Waals surface area contributed by atoms with Crippen molar-refractivity contribution in [2.24, 2.45) is 0 Å². The minimum Gasteiger partial charge on any atom is -0.362 e. The van der Waals surface area contributed by atoms with Crippen LogP contribution in [-0.2, 0) is 0 Å². The number of hydrogen-bond donors (Lipinski definition) is 2. The molecule has 3 rings (SSSR count). The fourth-order valence-corrected chi connectivity index (χ4v) is 2.60. The van der Waals surface area contributed by atoms with Crippen LogP contribution in [0, 0.1) is 0 Å². The van der Waals surface area contributed by atoms with Crippen molar-refractivity contribution in [3.05, 3.63) is 101 Å². The van der Waals surface area contributed by atoms with Gasteiger partial charge < -0.3 is 10.6 Å². The van der Waals surface area contributed by atoms with Crippen molar-refractivity contribution in [3.63, 3.8) is 0 Å². The Balaban J connectivity index is 1.58. The normalized spacial score (nSPS) is 10.7. The summed E-state index contributed by atoms with van der Waals surface area (Å²) in [5, 5.41) is 7.17. The molecule has 0 aromatic heterocycles. The van der Waals surface area contributed by atoms with Crippen LogP contribution in [0.15, 0.2) is 85.1 Å². The molecule has 0 heterocycles. The van der Waals surface area contributed by atoms with Gasteiger partial charge >= 0.3 is 0 Å². The fourth-order valence-electron chi connectivity index (χ4n) is 2.30. The molecule has 0 radical (unpaired) electrons. The van der Waals surface area contributed by atoms with Crippen molar-refractivity contribution in [1.82, 2.24) is 0 Å². The fraction of sp³-hybridized carbons (Fsp3) is 0. The highest BCUT2D eigenvalue weighted by Crippen LogP contribution is 2.23. The molecular weight excluding hydrogens is 367 g/mol. The van der Waals surface area contributed by atoms with E-state index in [1.165, 1.54) is 6.08 Å². The molecule has 0 aliphatic carbocycles. The minimum absolute atomic E-state index is 0.154. The molecule has 0 saturated carbocycles. The number of carbonyl (C=O) groups excluding carboxylic acids is 1. The van der Waals surface area contributed by atoms with Gasteiger partial charge in [0.05, 0.1) is 10.0 Å². The quantitative estimate of drug-likeness (QED) is 0.375. The molecular formula is C21H16Cl2N2O. The molecule has 0 amide bonds. The van der Waals surface area contributed by atoms with Crippen LogP contribution in [0.4, 0.5) is 17.1 Å². The zero-order valence-electron chi connectivity index (χ0n) is 13.7. The van der Waals surface area contributed by atoms with Gasteiger partial charge in [-0.2, -0.15) is 0 Å². The summed E-state index contributed by atoms with van der Waals surface area (Å²) in [4.78, 5) is 12.1. The first-order valence-corrected chi connectivity index (χ1v) is 8.72. The van der Waals surface area contributed by atoms with E-state index in [9.17, 15) is 4.79 Å². The molecule has 26 heavy (non-hydrogen) atoms. The predicted molar refractivity (Wildman–Crippen MR) is 110 cm³/mol. The summed E-state index contributed by atoms with van der Waals surface area (Å²) < 4.78 is 0. The maximum absolute atomic E-state index is 12.1. The van der Waals surface area contributed by atoms with Crippen LogP contribution in [0.1, 0.15) is 10.4 Å². The van der Waals surface area contributed by atoms with E-state index in [1.54, 1.807) is 24.4 Å². The molecule has 3 nitrogen and oxygen atoms in total. The summed E-state index contributed by atoms with van der Waals surface area (Å²) in [5.74, 6) is -0.154. The zero-order chi connectivity index (χ0) is 18.4. The van der Waals surface area contributed by atoms with E-state index < -0.39 is 0 Å². The molecule has 0 aliphatic heterocycles. The van der Waals surface area contributed by atoms with Crippen LogP contribution < -0.4 is 10.6 Å². The lowest BCUT2D eigenvalue weighted by atomic mass is 10.1. The van der Waals surface area contributed by atoms with Gasteiger partial charge in [0, 0.05) is 34.9 Å². The van der Waals surface area contributed by atoms with Crippen LogP contribution in [0.3, 0.4) is 0 Å². The average molecular weight is 383 g/mol. The minimum atomic E-state index is -0.154. The van der Waals surface area contributed by atoms with Crippen LogP contribution in [0.25, 0.3) is 0 Å². The van der Waals surface area contributed by atoms with Crippen molar-refractivity contribution in [2.45, 2.75) is 0 Å². The third-order valence-corrected chi connectivity index (χ3v) is 4.38. The summed E-state index contributed by atoms with van der Waals surface area (Å²) in [5.41, 5.74) is 3.37. The van der Waals surface area contributed by atoms with E-state index in [4.69, 9.17) is 23.2 Å². The lowest BCUT2D eigenvalue weighted by Crippen LogP contribution is -1.96. The predicted octanol–water partition coefficient (Wildman–Crippen LogP) is 6.55. The van der Waals surface area contributed by atoms with Crippen molar-refractivity contribution < 1.29 is 4.79 Å². The molecule has 0 fully saturated rings. The van der Waals surface area contributed by atoms with E-state index in [0.717, 1.165) is 17.1 Å². The summed E-state index contributed by atoms with van der Waals surface area (Å²) in [6.45, 7) is 0. The number of benzene rings is 3. The van der Waals surface area contributed by atoms with E-state index in [2.05, 4.69) is 10.6 Å². The number of anilines is 3. The Hall–Kier alpha value is -2.75. The summed E-state index contributed by atoms with van der Waals surface area (Å²) >= 11 is 11.8. The molecule has 0 unspecified atom stereocenters. The molecule has 2 N–H and O–H groups in total. The van der Waals surface area contributed by atoms with E-state index in [-0.39, 0.29) is 5.78 Å². The van der Waals surface area contributed by atoms with Gasteiger partial charge in [-0.3, -0.25) is 4.79 Å². The number of carbonyl (C=O) groups is 1. The van der Waals surface area contributed by atoms with Gasteiger partial charge in [-0.1, -0.05) is 41.4 Å². The molecule has 0 aliphatic rings. The van der Waals surface area contributed by atoms with Gasteiger partial charge in [0.25, 0.3) is 0 Å². The number of ketones is 1. The highest BCUT2D eigenvalue weighted by molar-refractivity contribution is 6.42. The molecule has 130 valence electrons. The molecule has 3 aromatic rings. The Labute approximate surface area is 162 Å². The Morgan fingerprint density at radius 3 is 2.12 bits per heavy atom. The third kappa shape index (κ3) is 4.88. The second-order valence-corrected chi connectivity index (χ2v) is 6.35. The van der Waals surface area contributed by atoms with Gasteiger partial charge in [0.2, 0.25) is 0 Å². The first-order chi connectivity index (χ1) is 12.6.